The van der Waals surface area contributed by atoms with Gasteiger partial charge in [-0.2, -0.15) is 0 Å². The highest BCUT2D eigenvalue weighted by molar-refractivity contribution is 6.49. The molecule has 0 aliphatic carbocycles. The number of imidazole rings is 6. The number of hydrogen-bond donors (Lipinski definition) is 6. The monoisotopic (exact) mass is 1010 g/mol. The van der Waals surface area contributed by atoms with Crippen molar-refractivity contribution in [3.05, 3.63) is 72.8 Å². The van der Waals surface area contributed by atoms with Gasteiger partial charge in [-0.25, -0.2) is 0 Å². The van der Waals surface area contributed by atoms with Gasteiger partial charge in [0.25, 0.3) is 0 Å². The van der Waals surface area contributed by atoms with Crippen LogP contribution < -0.4 is 54.7 Å². The van der Waals surface area contributed by atoms with Crippen molar-refractivity contribution in [3.63, 3.8) is 0 Å². The van der Waals surface area contributed by atoms with Crippen LogP contribution in [0.3, 0.4) is 0 Å². The van der Waals surface area contributed by atoms with Gasteiger partial charge in [0.1, 0.15) is 34.9 Å². The van der Waals surface area contributed by atoms with Gasteiger partial charge in [0.2, 0.25) is 195 Å². The Balaban J connectivity index is 1.26. The average molecular weight is 1010 g/mol. The molecule has 6 N–H and O–H groups in total. The molecule has 24 heteroatoms. The smallest absolute Gasteiger partial charge is 0.210 e. The molecule has 282 valence electrons. The van der Waals surface area contributed by atoms with Gasteiger partial charge in [-0.3, -0.25) is 29.9 Å². The van der Waals surface area contributed by atoms with Gasteiger partial charge in [0.15, 0.2) is 0 Å². The normalized spacial score (nSPS) is 11.5. The van der Waals surface area contributed by atoms with E-state index in [0.717, 1.165) is 156 Å². The standard InChI is InChI=1S/C42H18N12.12Al/c1-2-44-37(43-1)31-16-28(17-32(22-31)38-45-3-4-46-38)25-13-26(29-18-33(39-47-5-6-48-39)23-34(19-29)40-49-7-8-50-40)15-27(14-25)30-20-35(41-51-9-10-52-41)24-36(21-30)42-53-11-12-54-42;;;;;;;;;;;;/h13-24H,(H,43,44)(H,45,46)(H,47,48)(H,49,50)(H,51,52)(H,53,54);;;;;;;;;;;;. The lowest BCUT2D eigenvalue weighted by Gasteiger charge is -2.16. The van der Waals surface area contributed by atoms with E-state index in [0.29, 0.717) is 0 Å². The van der Waals surface area contributed by atoms with Crippen molar-refractivity contribution in [2.75, 3.05) is 0 Å². The van der Waals surface area contributed by atoms with Crippen LogP contribution in [0.15, 0.2) is 72.8 Å². The fraction of sp³-hybridized carbons (Fsp3) is 0. The Hall–Kier alpha value is -1.47. The molecule has 6 heterocycles. The van der Waals surface area contributed by atoms with Crippen molar-refractivity contribution < 1.29 is 0 Å². The second-order valence-electron chi connectivity index (χ2n) is 15.5. The minimum absolute atomic E-state index is 0.740. The van der Waals surface area contributed by atoms with Crippen LogP contribution in [0.2, 0.25) is 0 Å². The van der Waals surface area contributed by atoms with Crippen LogP contribution in [-0.2, 0) is 0 Å². The molecule has 0 saturated heterocycles. The number of H-pyrrole nitrogens is 6. The predicted octanol–water partition coefficient (Wildman–Crippen LogP) is -5.45. The summed E-state index contributed by atoms with van der Waals surface area (Å²) in [5.41, 5.74) is 11.3. The van der Waals surface area contributed by atoms with E-state index in [1.807, 2.05) is 0 Å². The first-order valence-electron chi connectivity index (χ1n) is 19.8. The van der Waals surface area contributed by atoms with Crippen molar-refractivity contribution in [2.24, 2.45) is 0 Å². The number of nitrogens with zero attached hydrogens (tertiary/aromatic N) is 6. The maximum absolute atomic E-state index is 4.89. The first-order valence-corrected chi connectivity index (χ1v) is 26.8. The van der Waals surface area contributed by atoms with E-state index in [4.69, 9.17) is 29.9 Å². The molecular weight excluding hydrogens is 996 g/mol. The van der Waals surface area contributed by atoms with Gasteiger partial charge in [-0.1, -0.05) is 54.7 Å². The molecule has 4 aromatic carbocycles. The lowest BCUT2D eigenvalue weighted by Crippen LogP contribution is -2.24. The van der Waals surface area contributed by atoms with E-state index in [1.165, 1.54) is 0 Å². The molecule has 0 atom stereocenters. The highest BCUT2D eigenvalue weighted by Gasteiger charge is 2.19. The van der Waals surface area contributed by atoms with Crippen molar-refractivity contribution >= 4 is 250 Å². The van der Waals surface area contributed by atoms with Crippen molar-refractivity contribution in [1.29, 1.82) is 0 Å². The number of benzene rings is 4. The Labute approximate surface area is 477 Å². The van der Waals surface area contributed by atoms with Gasteiger partial charge in [0, 0.05) is 33.4 Å². The summed E-state index contributed by atoms with van der Waals surface area (Å²) in [5.74, 6) is 4.44. The van der Waals surface area contributed by atoms with E-state index in [-0.39, 0.29) is 0 Å². The lowest BCUT2D eigenvalue weighted by atomic mass is 9.89. The van der Waals surface area contributed by atoms with Gasteiger partial charge >= 0.3 is 0 Å². The average Bonchev–Trinajstić information content (AvgIpc) is 4.16. The van der Waals surface area contributed by atoms with E-state index in [1.54, 1.807) is 0 Å². The molecular formula is C42H18Al12N12. The SMILES string of the molecule is [Al][c]1nc(-c2cc(-c3cc(-c4cc(-c5n[c]([Al])[c]([Al])[nH]5)cc(-c5n[c]([Al])[c]([Al])[nH]5)c4)cc(-c4cc(-c5n[c]([Al])[c]([Al])[nH]5)cc(-c5n[c]([Al])[c]([Al])[nH]5)c4)c3)cc(-c3n[c]([Al])[c]([Al])[nH]3)c2)[nH][c]1[Al]. The predicted molar refractivity (Wildman–Crippen MR) is 273 cm³/mol. The molecule has 10 aromatic rings. The first-order chi connectivity index (χ1) is 31.5. The van der Waals surface area contributed by atoms with Gasteiger partial charge in [-0.05, 0) is 106 Å². The molecule has 0 bridgehead atoms. The quantitative estimate of drug-likeness (QED) is 0.0790. The largest absolute Gasteiger partial charge is 0.362 e. The summed E-state index contributed by atoms with van der Waals surface area (Å²) in [5, 5.41) is 0. The summed E-state index contributed by atoms with van der Waals surface area (Å²) in [6.45, 7) is 0. The molecule has 24 radical (unpaired) electrons. The molecule has 0 amide bonds. The number of hydrogen-bond acceptors (Lipinski definition) is 6. The fourth-order valence-electron chi connectivity index (χ4n) is 7.55. The summed E-state index contributed by atoms with van der Waals surface area (Å²) in [6.07, 6.45) is 0. The molecule has 66 heavy (non-hydrogen) atoms. The van der Waals surface area contributed by atoms with Crippen LogP contribution in [0, 0.1) is 0 Å². The molecule has 0 unspecified atom stereocenters. The Morgan fingerprint density at radius 3 is 0.439 bits per heavy atom. The summed E-state index contributed by atoms with van der Waals surface area (Å²) in [4.78, 5) is 50.1. The van der Waals surface area contributed by atoms with Gasteiger partial charge in [0.05, 0.1) is 0 Å². The highest BCUT2D eigenvalue weighted by Crippen LogP contribution is 2.39. The van der Waals surface area contributed by atoms with Crippen molar-refractivity contribution in [2.45, 2.75) is 0 Å². The maximum atomic E-state index is 4.89. The summed E-state index contributed by atoms with van der Waals surface area (Å²) < 4.78 is 10.3. The second kappa shape index (κ2) is 19.6. The maximum Gasteiger partial charge on any atom is 0.210 e. The minimum atomic E-state index is 0.740. The molecule has 12 nitrogen and oxygen atoms in total. The summed E-state index contributed by atoms with van der Waals surface area (Å²) in [6, 6.07) is 26.1. The van der Waals surface area contributed by atoms with Crippen LogP contribution in [0.4, 0.5) is 0 Å². The zero-order valence-electron chi connectivity index (χ0n) is 34.5. The minimum Gasteiger partial charge on any atom is -0.362 e. The molecule has 0 spiro atoms. The third-order valence-electron chi connectivity index (χ3n) is 10.9. The van der Waals surface area contributed by atoms with Crippen LogP contribution in [-0.4, -0.2) is 255 Å². The van der Waals surface area contributed by atoms with E-state index < -0.39 is 0 Å². The van der Waals surface area contributed by atoms with Crippen LogP contribution in [0.5, 0.6) is 0 Å². The molecule has 0 aliphatic heterocycles. The van der Waals surface area contributed by atoms with E-state index in [9.17, 15) is 0 Å². The summed E-state index contributed by atoms with van der Waals surface area (Å²) >= 11 is 32.7. The van der Waals surface area contributed by atoms with Crippen LogP contribution in [0.1, 0.15) is 0 Å². The fourth-order valence-corrected chi connectivity index (χ4v) is 9.97. The van der Waals surface area contributed by atoms with Gasteiger partial charge in [-0.15, -0.1) is 0 Å². The number of nitrogens with one attached hydrogen (secondary N) is 6. The number of rotatable bonds is 9. The first kappa shape index (κ1) is 48.2. The molecule has 6 aromatic heterocycles. The van der Waals surface area contributed by atoms with E-state index >= 15 is 0 Å². The van der Waals surface area contributed by atoms with Gasteiger partial charge < -0.3 is 29.9 Å². The second-order valence-corrected chi connectivity index (χ2v) is 22.2. The number of aromatic amines is 6. The zero-order valence-corrected chi connectivity index (χ0v) is 48.4. The Morgan fingerprint density at radius 2 is 0.318 bits per heavy atom. The lowest BCUT2D eigenvalue weighted by molar-refractivity contribution is 1.31. The third-order valence-corrected chi connectivity index (χ3v) is 18.2. The number of aromatic nitrogens is 12. The molecule has 0 aliphatic rings. The van der Waals surface area contributed by atoms with Crippen molar-refractivity contribution in [1.82, 2.24) is 59.8 Å². The third kappa shape index (κ3) is 9.91. The summed E-state index contributed by atoms with van der Waals surface area (Å²) in [7, 11) is 0. The topological polar surface area (TPSA) is 172 Å². The molecule has 10 rings (SSSR count). The highest BCUT2D eigenvalue weighted by atomic mass is 27.1. The van der Waals surface area contributed by atoms with Crippen molar-refractivity contribution in [3.8, 4) is 102 Å². The Kier molecular flexibility index (Phi) is 14.3. The van der Waals surface area contributed by atoms with Crippen LogP contribution >= 0.6 is 0 Å². The van der Waals surface area contributed by atoms with Crippen LogP contribution in [0.25, 0.3) is 102 Å². The zero-order chi connectivity index (χ0) is 46.3. The van der Waals surface area contributed by atoms with E-state index in [2.05, 4.69) is 298 Å². The molecule has 0 saturated carbocycles. The Bertz CT molecular complexity index is 2870. The molecule has 0 fully saturated rings. The Morgan fingerprint density at radius 1 is 0.197 bits per heavy atom.